The minimum absolute atomic E-state index is 0.0925. The molecule has 2 aromatic heterocycles. The van der Waals surface area contributed by atoms with Gasteiger partial charge in [-0.05, 0) is 36.4 Å². The minimum Gasteiger partial charge on any atom is -0.490 e. The van der Waals surface area contributed by atoms with Crippen molar-refractivity contribution in [2.75, 3.05) is 37.9 Å². The number of rotatable bonds is 5. The second-order valence-electron chi connectivity index (χ2n) is 7.60. The molecule has 0 saturated heterocycles. The van der Waals surface area contributed by atoms with Gasteiger partial charge in [0.25, 0.3) is 5.91 Å². The zero-order valence-corrected chi connectivity index (χ0v) is 19.3. The fourth-order valence-corrected chi connectivity index (χ4v) is 4.04. The molecule has 0 saturated carbocycles. The number of anilines is 3. The quantitative estimate of drug-likeness (QED) is 0.461. The van der Waals surface area contributed by atoms with E-state index in [4.69, 9.17) is 15.2 Å². The maximum atomic E-state index is 12.2. The fourth-order valence-electron chi connectivity index (χ4n) is 3.42. The van der Waals surface area contributed by atoms with E-state index in [0.29, 0.717) is 46.2 Å². The topological polar surface area (TPSA) is 120 Å². The van der Waals surface area contributed by atoms with E-state index in [1.54, 1.807) is 44.6 Å². The summed E-state index contributed by atoms with van der Waals surface area (Å²) in [6.07, 6.45) is 1.62. The lowest BCUT2D eigenvalue weighted by Crippen LogP contribution is -2.30. The first kappa shape index (κ1) is 21.6. The number of carbonyl (C=O) groups is 1. The maximum Gasteiger partial charge on any atom is 0.327 e. The molecule has 11 heteroatoms. The molecule has 0 bridgehead atoms. The van der Waals surface area contributed by atoms with Crippen molar-refractivity contribution >= 4 is 34.0 Å². The summed E-state index contributed by atoms with van der Waals surface area (Å²) in [5.41, 5.74) is 7.24. The molecule has 0 aliphatic carbocycles. The highest BCUT2D eigenvalue weighted by Crippen LogP contribution is 2.36. The standard InChI is InChI=1S/C23H21N7O3S/c1-29(2)20(31)14-7-9-15(10-8-14)33-23-27-19(18-13-25-21(24)34-18)26-22(28-23)30-11-12-32-17-6-4-3-5-16(17)30/h3-10,13H,11-12H2,1-2H3,(H2,24,25). The molecular formula is C23H21N7O3S. The number of hydrogen-bond donors (Lipinski definition) is 1. The summed E-state index contributed by atoms with van der Waals surface area (Å²) in [6.45, 7) is 1.05. The fraction of sp³-hybridized carbons (Fsp3) is 0.174. The Hall–Kier alpha value is -4.25. The molecule has 3 heterocycles. The van der Waals surface area contributed by atoms with Crippen molar-refractivity contribution in [3.63, 3.8) is 0 Å². The molecule has 1 amide bonds. The van der Waals surface area contributed by atoms with Gasteiger partial charge in [-0.2, -0.15) is 15.0 Å². The Kier molecular flexibility index (Phi) is 5.68. The van der Waals surface area contributed by atoms with Crippen LogP contribution in [-0.4, -0.2) is 58.0 Å². The third-order valence-electron chi connectivity index (χ3n) is 5.03. The molecular weight excluding hydrogens is 454 g/mol. The van der Waals surface area contributed by atoms with Crippen molar-refractivity contribution in [1.82, 2.24) is 24.8 Å². The van der Waals surface area contributed by atoms with E-state index >= 15 is 0 Å². The first-order valence-electron chi connectivity index (χ1n) is 10.4. The van der Waals surface area contributed by atoms with Gasteiger partial charge in [0.1, 0.15) is 18.1 Å². The lowest BCUT2D eigenvalue weighted by Gasteiger charge is -2.29. The molecule has 1 aliphatic rings. The number of amides is 1. The van der Waals surface area contributed by atoms with E-state index in [2.05, 4.69) is 19.9 Å². The van der Waals surface area contributed by atoms with Gasteiger partial charge < -0.3 is 25.0 Å². The van der Waals surface area contributed by atoms with E-state index in [-0.39, 0.29) is 11.9 Å². The molecule has 4 aromatic rings. The van der Waals surface area contributed by atoms with Crippen LogP contribution >= 0.6 is 11.3 Å². The van der Waals surface area contributed by atoms with Gasteiger partial charge in [0, 0.05) is 19.7 Å². The summed E-state index contributed by atoms with van der Waals surface area (Å²) in [4.78, 5) is 34.2. The Balaban J connectivity index is 1.52. The monoisotopic (exact) mass is 475 g/mol. The zero-order chi connectivity index (χ0) is 23.7. The van der Waals surface area contributed by atoms with Crippen LogP contribution in [0.2, 0.25) is 0 Å². The minimum atomic E-state index is -0.0925. The number of nitrogens with zero attached hydrogens (tertiary/aromatic N) is 6. The first-order chi connectivity index (χ1) is 16.5. The summed E-state index contributed by atoms with van der Waals surface area (Å²) >= 11 is 1.28. The number of thiazole rings is 1. The van der Waals surface area contributed by atoms with E-state index < -0.39 is 0 Å². The molecule has 0 unspecified atom stereocenters. The van der Waals surface area contributed by atoms with Crippen LogP contribution < -0.4 is 20.1 Å². The molecule has 0 fully saturated rings. The Morgan fingerprint density at radius 1 is 1.12 bits per heavy atom. The summed E-state index contributed by atoms with van der Waals surface area (Å²) in [5, 5.41) is 0.414. The Bertz CT molecular complexity index is 1340. The lowest BCUT2D eigenvalue weighted by atomic mass is 10.2. The number of aromatic nitrogens is 4. The van der Waals surface area contributed by atoms with Crippen molar-refractivity contribution < 1.29 is 14.3 Å². The van der Waals surface area contributed by atoms with Gasteiger partial charge in [-0.1, -0.05) is 23.5 Å². The van der Waals surface area contributed by atoms with E-state index in [1.807, 2.05) is 29.2 Å². The summed E-state index contributed by atoms with van der Waals surface area (Å²) in [5.74, 6) is 1.97. The predicted molar refractivity (Wildman–Crippen MR) is 129 cm³/mol. The highest BCUT2D eigenvalue weighted by atomic mass is 32.1. The van der Waals surface area contributed by atoms with Crippen LogP contribution in [0.3, 0.4) is 0 Å². The third kappa shape index (κ3) is 4.33. The van der Waals surface area contributed by atoms with Crippen LogP contribution in [0.1, 0.15) is 10.4 Å². The van der Waals surface area contributed by atoms with Crippen molar-refractivity contribution in [3.8, 4) is 28.2 Å². The number of carbonyl (C=O) groups excluding carboxylic acids is 1. The van der Waals surface area contributed by atoms with Crippen LogP contribution in [0.4, 0.5) is 16.8 Å². The van der Waals surface area contributed by atoms with E-state index in [9.17, 15) is 4.79 Å². The SMILES string of the molecule is CN(C)C(=O)c1ccc(Oc2nc(-c3cnc(N)s3)nc(N3CCOc4ccccc43)n2)cc1. The van der Waals surface area contributed by atoms with E-state index in [0.717, 1.165) is 11.4 Å². The normalized spacial score (nSPS) is 12.6. The summed E-state index contributed by atoms with van der Waals surface area (Å²) in [6, 6.07) is 14.6. The largest absolute Gasteiger partial charge is 0.490 e. The molecule has 5 rings (SSSR count). The second kappa shape index (κ2) is 8.94. The van der Waals surface area contributed by atoms with Gasteiger partial charge in [-0.3, -0.25) is 4.79 Å². The molecule has 34 heavy (non-hydrogen) atoms. The molecule has 0 spiro atoms. The van der Waals surface area contributed by atoms with Crippen molar-refractivity contribution in [2.24, 2.45) is 0 Å². The Morgan fingerprint density at radius 3 is 2.65 bits per heavy atom. The Labute approximate surface area is 199 Å². The van der Waals surface area contributed by atoms with Crippen LogP contribution in [0.15, 0.2) is 54.7 Å². The first-order valence-corrected chi connectivity index (χ1v) is 11.3. The number of nitrogens with two attached hydrogens (primary N) is 1. The zero-order valence-electron chi connectivity index (χ0n) is 18.5. The van der Waals surface area contributed by atoms with Crippen LogP contribution in [-0.2, 0) is 0 Å². The number of nitrogen functional groups attached to an aromatic ring is 1. The molecule has 0 radical (unpaired) electrons. The number of hydrogen-bond acceptors (Lipinski definition) is 10. The summed E-state index contributed by atoms with van der Waals surface area (Å²) < 4.78 is 11.7. The van der Waals surface area contributed by atoms with Crippen LogP contribution in [0.25, 0.3) is 10.7 Å². The van der Waals surface area contributed by atoms with Crippen LogP contribution in [0, 0.1) is 0 Å². The second-order valence-corrected chi connectivity index (χ2v) is 8.66. The average Bonchev–Trinajstić information content (AvgIpc) is 3.30. The van der Waals surface area contributed by atoms with Crippen molar-refractivity contribution in [2.45, 2.75) is 0 Å². The molecule has 2 aromatic carbocycles. The van der Waals surface area contributed by atoms with Crippen molar-refractivity contribution in [1.29, 1.82) is 0 Å². The van der Waals surface area contributed by atoms with Gasteiger partial charge in [0.2, 0.25) is 5.95 Å². The maximum absolute atomic E-state index is 12.2. The van der Waals surface area contributed by atoms with Gasteiger partial charge in [-0.25, -0.2) is 4.98 Å². The highest BCUT2D eigenvalue weighted by Gasteiger charge is 2.24. The molecule has 2 N–H and O–H groups in total. The number of ether oxygens (including phenoxy) is 2. The third-order valence-corrected chi connectivity index (χ3v) is 5.86. The molecule has 0 atom stereocenters. The van der Waals surface area contributed by atoms with Gasteiger partial charge in [-0.15, -0.1) is 0 Å². The molecule has 172 valence electrons. The number of para-hydroxylation sites is 2. The molecule has 10 nitrogen and oxygen atoms in total. The highest BCUT2D eigenvalue weighted by molar-refractivity contribution is 7.18. The van der Waals surface area contributed by atoms with E-state index in [1.165, 1.54) is 16.2 Å². The predicted octanol–water partition coefficient (Wildman–Crippen LogP) is 3.60. The number of benzene rings is 2. The summed E-state index contributed by atoms with van der Waals surface area (Å²) in [7, 11) is 3.41. The average molecular weight is 476 g/mol. The van der Waals surface area contributed by atoms with Crippen LogP contribution in [0.5, 0.6) is 17.5 Å². The Morgan fingerprint density at radius 2 is 1.91 bits per heavy atom. The van der Waals surface area contributed by atoms with Gasteiger partial charge in [0.05, 0.1) is 23.3 Å². The smallest absolute Gasteiger partial charge is 0.327 e. The molecule has 1 aliphatic heterocycles. The van der Waals surface area contributed by atoms with Gasteiger partial charge in [0.15, 0.2) is 11.0 Å². The lowest BCUT2D eigenvalue weighted by molar-refractivity contribution is 0.0827. The number of fused-ring (bicyclic) bond motifs is 1. The van der Waals surface area contributed by atoms with Crippen molar-refractivity contribution in [3.05, 3.63) is 60.3 Å². The van der Waals surface area contributed by atoms with Gasteiger partial charge >= 0.3 is 6.01 Å².